The van der Waals surface area contributed by atoms with Crippen LogP contribution in [-0.4, -0.2) is 66.8 Å². The van der Waals surface area contributed by atoms with Crippen LogP contribution < -0.4 is 0 Å². The molecule has 1 aromatic carbocycles. The van der Waals surface area contributed by atoms with E-state index in [4.69, 9.17) is 0 Å². The van der Waals surface area contributed by atoms with Crippen LogP contribution in [0, 0.1) is 13.8 Å². The first-order chi connectivity index (χ1) is 15.0. The van der Waals surface area contributed by atoms with Gasteiger partial charge in [-0.1, -0.05) is 25.1 Å². The van der Waals surface area contributed by atoms with Gasteiger partial charge in [-0.25, -0.2) is 17.2 Å². The van der Waals surface area contributed by atoms with Crippen LogP contribution in [0.1, 0.15) is 73.4 Å². The second-order valence-electron chi connectivity index (χ2n) is 9.47. The normalized spacial score (nSPS) is 22.0. The number of carbonyl (C=O) groups excluding carboxylic acids is 1. The Morgan fingerprint density at radius 1 is 1.00 bits per heavy atom. The lowest BCUT2D eigenvalue weighted by molar-refractivity contribution is -0.0891. The van der Waals surface area contributed by atoms with Crippen molar-refractivity contribution in [3.63, 3.8) is 0 Å². The fourth-order valence-corrected chi connectivity index (χ4v) is 6.85. The van der Waals surface area contributed by atoms with E-state index in [1.54, 1.807) is 0 Å². The summed E-state index contributed by atoms with van der Waals surface area (Å²) < 4.78 is 54.4. The average Bonchev–Trinajstić information content (AvgIpc) is 2.73. The van der Waals surface area contributed by atoms with Crippen LogP contribution in [0.25, 0.3) is 0 Å². The Labute approximate surface area is 191 Å². The van der Waals surface area contributed by atoms with Crippen molar-refractivity contribution in [2.75, 3.05) is 31.9 Å². The lowest BCUT2D eigenvalue weighted by Gasteiger charge is -2.51. The molecule has 180 valence electrons. The van der Waals surface area contributed by atoms with Crippen LogP contribution in [0.15, 0.2) is 18.2 Å². The number of Topliss-reactive ketones (excluding diaryl/α,β-unsaturated/α-hetero) is 1. The molecule has 1 aromatic rings. The van der Waals surface area contributed by atoms with Gasteiger partial charge in [-0.05, 0) is 50.7 Å². The van der Waals surface area contributed by atoms with Crippen molar-refractivity contribution in [1.29, 1.82) is 0 Å². The summed E-state index contributed by atoms with van der Waals surface area (Å²) in [5.41, 5.74) is 2.14. The minimum Gasteiger partial charge on any atom is -0.295 e. The maximum Gasteiger partial charge on any atom is 0.248 e. The standard InChI is InChI=1S/C24H36F2N2O3S/c1-4-18-32(30,31)28-16-14-27(15-17-28)23(10-12-24(25,26)13-11-23)9-8-21(29)22-19(2)6-5-7-20(22)3/h5-7H,4,8-18H2,1-3H3. The summed E-state index contributed by atoms with van der Waals surface area (Å²) in [5.74, 6) is -2.47. The quantitative estimate of drug-likeness (QED) is 0.522. The van der Waals surface area contributed by atoms with Gasteiger partial charge in [-0.3, -0.25) is 9.69 Å². The third-order valence-corrected chi connectivity index (χ3v) is 9.33. The van der Waals surface area contributed by atoms with Gasteiger partial charge >= 0.3 is 0 Å². The van der Waals surface area contributed by atoms with Crippen molar-refractivity contribution in [2.24, 2.45) is 0 Å². The molecule has 5 nitrogen and oxygen atoms in total. The summed E-state index contributed by atoms with van der Waals surface area (Å²) >= 11 is 0. The molecule has 1 saturated heterocycles. The highest BCUT2D eigenvalue weighted by molar-refractivity contribution is 7.89. The zero-order chi connectivity index (χ0) is 23.6. The Morgan fingerprint density at radius 2 is 1.56 bits per heavy atom. The number of halogens is 2. The van der Waals surface area contributed by atoms with E-state index in [9.17, 15) is 22.0 Å². The van der Waals surface area contributed by atoms with Crippen LogP contribution in [0.4, 0.5) is 8.78 Å². The highest BCUT2D eigenvalue weighted by Crippen LogP contribution is 2.44. The van der Waals surface area contributed by atoms with E-state index in [1.807, 2.05) is 39.0 Å². The number of hydrogen-bond donors (Lipinski definition) is 0. The topological polar surface area (TPSA) is 57.7 Å². The van der Waals surface area contributed by atoms with E-state index in [2.05, 4.69) is 4.90 Å². The smallest absolute Gasteiger partial charge is 0.248 e. The number of rotatable bonds is 8. The summed E-state index contributed by atoms with van der Waals surface area (Å²) in [6.45, 7) is 7.49. The van der Waals surface area contributed by atoms with Gasteiger partial charge in [0, 0.05) is 56.5 Å². The predicted molar refractivity (Wildman–Crippen MR) is 123 cm³/mol. The molecule has 1 saturated carbocycles. The molecule has 0 unspecified atom stereocenters. The second-order valence-corrected chi connectivity index (χ2v) is 11.6. The zero-order valence-electron chi connectivity index (χ0n) is 19.5. The molecule has 0 bridgehead atoms. The van der Waals surface area contributed by atoms with Crippen molar-refractivity contribution < 1.29 is 22.0 Å². The largest absolute Gasteiger partial charge is 0.295 e. The van der Waals surface area contributed by atoms with E-state index in [0.717, 1.165) is 16.7 Å². The number of ketones is 1. The summed E-state index contributed by atoms with van der Waals surface area (Å²) in [7, 11) is -3.26. The average molecular weight is 471 g/mol. The molecular formula is C24H36F2N2O3S. The van der Waals surface area contributed by atoms with Crippen LogP contribution in [0.2, 0.25) is 0 Å². The fraction of sp³-hybridized carbons (Fsp3) is 0.708. The first kappa shape index (κ1) is 25.2. The maximum atomic E-state index is 14.0. The molecule has 3 rings (SSSR count). The molecule has 0 spiro atoms. The van der Waals surface area contributed by atoms with Gasteiger partial charge in [0.25, 0.3) is 0 Å². The highest BCUT2D eigenvalue weighted by atomic mass is 32.2. The number of hydrogen-bond acceptors (Lipinski definition) is 4. The number of nitrogens with zero attached hydrogens (tertiary/aromatic N) is 2. The SMILES string of the molecule is CCCS(=O)(=O)N1CCN(C2(CCC(=O)c3c(C)cccc3C)CCC(F)(F)CC2)CC1. The lowest BCUT2D eigenvalue weighted by Crippen LogP contribution is -2.60. The van der Waals surface area contributed by atoms with Crippen molar-refractivity contribution in [1.82, 2.24) is 9.21 Å². The van der Waals surface area contributed by atoms with Crippen molar-refractivity contribution in [2.45, 2.75) is 77.2 Å². The summed E-state index contributed by atoms with van der Waals surface area (Å²) in [6, 6.07) is 5.78. The Morgan fingerprint density at radius 3 is 2.09 bits per heavy atom. The third kappa shape index (κ3) is 5.57. The molecule has 2 aliphatic rings. The summed E-state index contributed by atoms with van der Waals surface area (Å²) in [5, 5.41) is 0. The van der Waals surface area contributed by atoms with Crippen molar-refractivity contribution >= 4 is 15.8 Å². The molecular weight excluding hydrogens is 434 g/mol. The Hall–Kier alpha value is -1.38. The number of piperazine rings is 1. The molecule has 0 amide bonds. The Kier molecular flexibility index (Phi) is 7.77. The second kappa shape index (κ2) is 9.85. The van der Waals surface area contributed by atoms with Gasteiger partial charge in [-0.2, -0.15) is 4.31 Å². The van der Waals surface area contributed by atoms with Gasteiger partial charge in [0.1, 0.15) is 0 Å². The van der Waals surface area contributed by atoms with Gasteiger partial charge in [0.05, 0.1) is 5.75 Å². The van der Waals surface area contributed by atoms with Gasteiger partial charge in [0.15, 0.2) is 5.78 Å². The number of benzene rings is 1. The molecule has 0 aromatic heterocycles. The molecule has 32 heavy (non-hydrogen) atoms. The highest BCUT2D eigenvalue weighted by Gasteiger charge is 2.47. The third-order valence-electron chi connectivity index (χ3n) is 7.25. The van der Waals surface area contributed by atoms with Gasteiger partial charge in [-0.15, -0.1) is 0 Å². The van der Waals surface area contributed by atoms with Crippen LogP contribution in [0.5, 0.6) is 0 Å². The molecule has 1 heterocycles. The zero-order valence-corrected chi connectivity index (χ0v) is 20.3. The first-order valence-electron chi connectivity index (χ1n) is 11.7. The number of alkyl halides is 2. The summed E-state index contributed by atoms with van der Waals surface area (Å²) in [6.07, 6.45) is 1.71. The first-order valence-corrected chi connectivity index (χ1v) is 13.3. The van der Waals surface area contributed by atoms with Crippen LogP contribution >= 0.6 is 0 Å². The maximum absolute atomic E-state index is 14.0. The van der Waals surface area contributed by atoms with Gasteiger partial charge < -0.3 is 0 Å². The van der Waals surface area contributed by atoms with E-state index >= 15 is 0 Å². The number of sulfonamides is 1. The molecule has 1 aliphatic carbocycles. The Balaban J connectivity index is 1.74. The van der Waals surface area contributed by atoms with Gasteiger partial charge in [0.2, 0.25) is 15.9 Å². The van der Waals surface area contributed by atoms with Crippen molar-refractivity contribution in [3.8, 4) is 0 Å². The van der Waals surface area contributed by atoms with E-state index in [1.165, 1.54) is 4.31 Å². The fourth-order valence-electron chi connectivity index (χ4n) is 5.36. The monoisotopic (exact) mass is 470 g/mol. The molecule has 8 heteroatoms. The summed E-state index contributed by atoms with van der Waals surface area (Å²) in [4.78, 5) is 15.3. The molecule has 1 aliphatic heterocycles. The minimum absolute atomic E-state index is 0.0569. The number of aryl methyl sites for hydroxylation is 2. The Bertz CT molecular complexity index is 895. The van der Waals surface area contributed by atoms with E-state index in [-0.39, 0.29) is 24.4 Å². The number of carbonyl (C=O) groups is 1. The molecule has 0 atom stereocenters. The minimum atomic E-state index is -3.26. The molecule has 0 N–H and O–H groups in total. The van der Waals surface area contributed by atoms with Crippen LogP contribution in [-0.2, 0) is 10.0 Å². The van der Waals surface area contributed by atoms with E-state index < -0.39 is 21.5 Å². The molecule has 2 fully saturated rings. The lowest BCUT2D eigenvalue weighted by atomic mass is 9.74. The van der Waals surface area contributed by atoms with E-state index in [0.29, 0.717) is 58.3 Å². The van der Waals surface area contributed by atoms with Crippen LogP contribution in [0.3, 0.4) is 0 Å². The predicted octanol–water partition coefficient (Wildman–Crippen LogP) is 4.57. The molecule has 0 radical (unpaired) electrons. The van der Waals surface area contributed by atoms with Crippen molar-refractivity contribution in [3.05, 3.63) is 34.9 Å².